The number of carbonyl (C=O) groups excluding carboxylic acids is 2. The maximum Gasteiger partial charge on any atom is 0.243 e. The number of carbonyl (C=O) groups is 2. The predicted octanol–water partition coefficient (Wildman–Crippen LogP) is 2.01. The molecular formula is C19H29N3O4. The van der Waals surface area contributed by atoms with E-state index < -0.39 is 5.41 Å². The van der Waals surface area contributed by atoms with Gasteiger partial charge in [0.15, 0.2) is 11.5 Å². The first-order valence-electron chi connectivity index (χ1n) is 9.18. The summed E-state index contributed by atoms with van der Waals surface area (Å²) in [6.45, 7) is 7.50. The highest BCUT2D eigenvalue weighted by Crippen LogP contribution is 2.32. The highest BCUT2D eigenvalue weighted by atomic mass is 16.6. The molecule has 0 atom stereocenters. The molecule has 3 N–H and O–H groups in total. The zero-order chi connectivity index (χ0) is 19.2. The van der Waals surface area contributed by atoms with Crippen LogP contribution in [0.3, 0.4) is 0 Å². The first-order valence-corrected chi connectivity index (χ1v) is 9.18. The topological polar surface area (TPSA) is 93.9 Å². The third-order valence-corrected chi connectivity index (χ3v) is 5.03. The summed E-state index contributed by atoms with van der Waals surface area (Å²) in [5.41, 5.74) is 5.87. The molecule has 2 amide bonds. The summed E-state index contributed by atoms with van der Waals surface area (Å²) in [6.07, 6.45) is 1.30. The van der Waals surface area contributed by atoms with Crippen LogP contribution in [0, 0.1) is 5.41 Å². The summed E-state index contributed by atoms with van der Waals surface area (Å²) in [7, 11) is 0. The number of hydrogen-bond acceptors (Lipinski definition) is 5. The maximum absolute atomic E-state index is 12.9. The van der Waals surface area contributed by atoms with E-state index in [1.54, 1.807) is 23.1 Å². The molecule has 144 valence electrons. The van der Waals surface area contributed by atoms with Gasteiger partial charge < -0.3 is 25.4 Å². The van der Waals surface area contributed by atoms with Crippen molar-refractivity contribution in [3.63, 3.8) is 0 Å². The van der Waals surface area contributed by atoms with Crippen molar-refractivity contribution in [1.29, 1.82) is 0 Å². The fourth-order valence-corrected chi connectivity index (χ4v) is 3.09. The molecule has 1 aromatic carbocycles. The van der Waals surface area contributed by atoms with Gasteiger partial charge in [-0.3, -0.25) is 9.59 Å². The molecule has 2 rings (SSSR count). The Morgan fingerprint density at radius 2 is 1.81 bits per heavy atom. The van der Waals surface area contributed by atoms with Crippen LogP contribution in [-0.2, 0) is 9.59 Å². The maximum atomic E-state index is 12.9. The molecule has 7 heteroatoms. The molecule has 1 aliphatic heterocycles. The molecule has 0 aromatic heterocycles. The van der Waals surface area contributed by atoms with Crippen molar-refractivity contribution >= 4 is 17.5 Å². The van der Waals surface area contributed by atoms with Crippen molar-refractivity contribution in [3.05, 3.63) is 18.2 Å². The summed E-state index contributed by atoms with van der Waals surface area (Å²) >= 11 is 0. The number of likely N-dealkylation sites (N-methyl/N-ethyl adjacent to an activating group) is 1. The van der Waals surface area contributed by atoms with Crippen molar-refractivity contribution < 1.29 is 19.1 Å². The van der Waals surface area contributed by atoms with Crippen LogP contribution in [0.5, 0.6) is 11.5 Å². The number of nitrogens with two attached hydrogens (primary N) is 1. The van der Waals surface area contributed by atoms with E-state index in [0.29, 0.717) is 49.8 Å². The van der Waals surface area contributed by atoms with E-state index >= 15 is 0 Å². The quantitative estimate of drug-likeness (QED) is 0.737. The number of hydrogen-bond donors (Lipinski definition) is 2. The summed E-state index contributed by atoms with van der Waals surface area (Å²) in [5.74, 6) is 0.953. The highest BCUT2D eigenvalue weighted by molar-refractivity contribution is 5.95. The summed E-state index contributed by atoms with van der Waals surface area (Å²) in [6, 6.07) is 5.25. The second-order valence-electron chi connectivity index (χ2n) is 6.42. The van der Waals surface area contributed by atoms with Gasteiger partial charge in [0.05, 0.1) is 12.0 Å². The lowest BCUT2D eigenvalue weighted by Gasteiger charge is -2.34. The summed E-state index contributed by atoms with van der Waals surface area (Å²) in [5, 5.41) is 2.82. The molecule has 0 spiro atoms. The largest absolute Gasteiger partial charge is 0.486 e. The number of benzene rings is 1. The lowest BCUT2D eigenvalue weighted by atomic mass is 9.81. The van der Waals surface area contributed by atoms with Gasteiger partial charge in [-0.15, -0.1) is 0 Å². The molecular weight excluding hydrogens is 334 g/mol. The Kier molecular flexibility index (Phi) is 6.85. The second kappa shape index (κ2) is 8.89. The van der Waals surface area contributed by atoms with Crippen LogP contribution >= 0.6 is 0 Å². The SMILES string of the molecule is CCN(CC(=O)Nc1ccc2c(c1)OCCO2)C(=O)C(CC)(CC)CN. The number of fused-ring (bicyclic) bond motifs is 1. The van der Waals surface area contributed by atoms with Gasteiger partial charge in [0.2, 0.25) is 11.8 Å². The number of rotatable bonds is 8. The zero-order valence-corrected chi connectivity index (χ0v) is 15.8. The van der Waals surface area contributed by atoms with E-state index in [4.69, 9.17) is 15.2 Å². The van der Waals surface area contributed by atoms with Crippen LogP contribution in [0.4, 0.5) is 5.69 Å². The van der Waals surface area contributed by atoms with Gasteiger partial charge >= 0.3 is 0 Å². The Bertz CT molecular complexity index is 635. The predicted molar refractivity (Wildman–Crippen MR) is 100 cm³/mol. The number of nitrogens with zero attached hydrogens (tertiary/aromatic N) is 1. The molecule has 0 fully saturated rings. The van der Waals surface area contributed by atoms with E-state index in [1.165, 1.54) is 0 Å². The molecule has 0 saturated carbocycles. The van der Waals surface area contributed by atoms with E-state index in [-0.39, 0.29) is 24.9 Å². The minimum Gasteiger partial charge on any atom is -0.486 e. The molecule has 26 heavy (non-hydrogen) atoms. The van der Waals surface area contributed by atoms with Gasteiger partial charge in [0, 0.05) is 24.8 Å². The molecule has 1 aromatic rings. The van der Waals surface area contributed by atoms with Gasteiger partial charge in [-0.25, -0.2) is 0 Å². The van der Waals surface area contributed by atoms with Crippen LogP contribution in [0.15, 0.2) is 18.2 Å². The van der Waals surface area contributed by atoms with Gasteiger partial charge in [0.25, 0.3) is 0 Å². The first-order chi connectivity index (χ1) is 12.5. The number of nitrogens with one attached hydrogen (secondary N) is 1. The average molecular weight is 363 g/mol. The van der Waals surface area contributed by atoms with Crippen LogP contribution in [0.25, 0.3) is 0 Å². The van der Waals surface area contributed by atoms with E-state index in [2.05, 4.69) is 5.32 Å². The number of amides is 2. The van der Waals surface area contributed by atoms with Crippen molar-refractivity contribution in [2.75, 3.05) is 38.2 Å². The zero-order valence-electron chi connectivity index (χ0n) is 15.8. The monoisotopic (exact) mass is 363 g/mol. The van der Waals surface area contributed by atoms with Crippen molar-refractivity contribution in [3.8, 4) is 11.5 Å². The number of ether oxygens (including phenoxy) is 2. The number of anilines is 1. The molecule has 0 unspecified atom stereocenters. The Labute approximate surface area is 154 Å². The van der Waals surface area contributed by atoms with E-state index in [1.807, 2.05) is 20.8 Å². The molecule has 0 radical (unpaired) electrons. The highest BCUT2D eigenvalue weighted by Gasteiger charge is 2.36. The van der Waals surface area contributed by atoms with Gasteiger partial charge in [-0.1, -0.05) is 13.8 Å². The van der Waals surface area contributed by atoms with Crippen LogP contribution in [0.1, 0.15) is 33.6 Å². The Balaban J connectivity index is 2.04. The minimum atomic E-state index is -0.604. The lowest BCUT2D eigenvalue weighted by Crippen LogP contribution is -2.49. The molecule has 7 nitrogen and oxygen atoms in total. The normalized spacial score (nSPS) is 13.2. The third kappa shape index (κ3) is 4.27. The van der Waals surface area contributed by atoms with Crippen molar-refractivity contribution in [2.24, 2.45) is 11.1 Å². The van der Waals surface area contributed by atoms with Gasteiger partial charge in [0.1, 0.15) is 13.2 Å². The van der Waals surface area contributed by atoms with Crippen LogP contribution < -0.4 is 20.5 Å². The molecule has 0 saturated heterocycles. The molecule has 0 aliphatic carbocycles. The molecule has 0 bridgehead atoms. The first kappa shape index (κ1) is 20.0. The Hall–Kier alpha value is -2.28. The van der Waals surface area contributed by atoms with E-state index in [0.717, 1.165) is 0 Å². The fraction of sp³-hybridized carbons (Fsp3) is 0.579. The fourth-order valence-electron chi connectivity index (χ4n) is 3.09. The molecule has 1 heterocycles. The second-order valence-corrected chi connectivity index (χ2v) is 6.42. The summed E-state index contributed by atoms with van der Waals surface area (Å²) in [4.78, 5) is 26.9. The smallest absolute Gasteiger partial charge is 0.243 e. The third-order valence-electron chi connectivity index (χ3n) is 5.03. The van der Waals surface area contributed by atoms with Gasteiger partial charge in [-0.2, -0.15) is 0 Å². The minimum absolute atomic E-state index is 0.00841. The Morgan fingerprint density at radius 3 is 2.38 bits per heavy atom. The van der Waals surface area contributed by atoms with Gasteiger partial charge in [-0.05, 0) is 31.9 Å². The van der Waals surface area contributed by atoms with Crippen molar-refractivity contribution in [1.82, 2.24) is 4.90 Å². The summed E-state index contributed by atoms with van der Waals surface area (Å²) < 4.78 is 11.0. The van der Waals surface area contributed by atoms with E-state index in [9.17, 15) is 9.59 Å². The van der Waals surface area contributed by atoms with Crippen LogP contribution in [0.2, 0.25) is 0 Å². The Morgan fingerprint density at radius 1 is 1.15 bits per heavy atom. The lowest BCUT2D eigenvalue weighted by molar-refractivity contribution is -0.144. The van der Waals surface area contributed by atoms with Crippen molar-refractivity contribution in [2.45, 2.75) is 33.6 Å². The standard InChI is InChI=1S/C19H29N3O4/c1-4-19(5-2,13-20)18(24)22(6-3)12-17(23)21-14-7-8-15-16(11-14)26-10-9-25-15/h7-8,11H,4-6,9-10,12-13,20H2,1-3H3,(H,21,23). The van der Waals surface area contributed by atoms with Crippen LogP contribution in [-0.4, -0.2) is 49.6 Å². The average Bonchev–Trinajstić information content (AvgIpc) is 2.67. The molecule has 1 aliphatic rings.